The molecule has 2 aromatic carbocycles. The number of ether oxygens (including phenoxy) is 1. The Bertz CT molecular complexity index is 1710. The van der Waals surface area contributed by atoms with E-state index in [2.05, 4.69) is 41.3 Å². The highest BCUT2D eigenvalue weighted by Crippen LogP contribution is 2.66. The summed E-state index contributed by atoms with van der Waals surface area (Å²) in [6.45, 7) is 7.95. The number of carbonyl (C=O) groups is 2. The van der Waals surface area contributed by atoms with Gasteiger partial charge in [0.2, 0.25) is 5.91 Å². The summed E-state index contributed by atoms with van der Waals surface area (Å²) in [4.78, 5) is 30.0. The predicted molar refractivity (Wildman–Crippen MR) is 181 cm³/mol. The van der Waals surface area contributed by atoms with Crippen molar-refractivity contribution < 1.29 is 23.6 Å². The number of carbonyl (C=O) groups excluding carboxylic acids is 2. The van der Waals surface area contributed by atoms with Gasteiger partial charge in [0, 0.05) is 47.6 Å². The van der Waals surface area contributed by atoms with Gasteiger partial charge in [0.05, 0.1) is 29.1 Å². The molecule has 46 heavy (non-hydrogen) atoms. The summed E-state index contributed by atoms with van der Waals surface area (Å²) in [6, 6.07) is 12.2. The number of nitrogens with zero attached hydrogens (tertiary/aromatic N) is 2. The number of aromatic nitrogens is 1. The molecule has 2 amide bonds. The molecule has 1 saturated heterocycles. The molecule has 246 valence electrons. The minimum absolute atomic E-state index is 0.0531. The van der Waals surface area contributed by atoms with Gasteiger partial charge in [-0.2, -0.15) is 0 Å². The number of rotatable bonds is 10. The third-order valence-electron chi connectivity index (χ3n) is 11.0. The van der Waals surface area contributed by atoms with Gasteiger partial charge in [-0.15, -0.1) is 0 Å². The third kappa shape index (κ3) is 5.37. The van der Waals surface area contributed by atoms with Crippen molar-refractivity contribution in [2.24, 2.45) is 5.41 Å². The second-order valence-electron chi connectivity index (χ2n) is 14.4. The SMILES string of the molecule is CCCC(CCC)c1c2n(c3cc(C(=O)NS(=O)C4CC4)ccc13)CC1(C(=O)N3CCC(C)(O)CC3)CC1c1cc(OC)ccc1-2. The van der Waals surface area contributed by atoms with Crippen LogP contribution in [0.25, 0.3) is 22.2 Å². The van der Waals surface area contributed by atoms with Crippen LogP contribution in [0.3, 0.4) is 0 Å². The number of hydrogen-bond acceptors (Lipinski definition) is 5. The molecule has 2 N–H and O–H groups in total. The second-order valence-corrected chi connectivity index (χ2v) is 15.9. The molecule has 2 saturated carbocycles. The first-order chi connectivity index (χ1) is 22.1. The van der Waals surface area contributed by atoms with Crippen LogP contribution in [-0.4, -0.2) is 61.6 Å². The summed E-state index contributed by atoms with van der Waals surface area (Å²) in [5, 5.41) is 11.8. The molecule has 3 atom stereocenters. The monoisotopic (exact) mass is 645 g/mol. The first kappa shape index (κ1) is 31.4. The van der Waals surface area contributed by atoms with E-state index < -0.39 is 22.0 Å². The quantitative estimate of drug-likeness (QED) is 0.265. The first-order valence-corrected chi connectivity index (χ1v) is 18.4. The van der Waals surface area contributed by atoms with Crippen LogP contribution in [-0.2, 0) is 22.3 Å². The minimum atomic E-state index is -1.38. The Morgan fingerprint density at radius 3 is 2.46 bits per heavy atom. The highest BCUT2D eigenvalue weighted by Gasteiger charge is 2.64. The van der Waals surface area contributed by atoms with Gasteiger partial charge in [-0.1, -0.05) is 32.8 Å². The highest BCUT2D eigenvalue weighted by molar-refractivity contribution is 7.84. The molecular formula is C37H47N3O5S. The maximum Gasteiger partial charge on any atom is 0.263 e. The standard InChI is InChI=1S/C37H47N3O5S/c1-5-7-23(8-6-2)32-28-13-9-24(34(41)38-46(44)26-11-12-26)19-31(28)40-22-37(35(42)39-17-15-36(3,43)16-18-39)21-30(37)29-20-25(45-4)10-14-27(29)33(32)40/h9-10,13-14,19-20,23,26,30,43H,5-8,11-12,15-18,21-22H2,1-4H3,(H,38,41). The van der Waals surface area contributed by atoms with Gasteiger partial charge in [-0.3, -0.25) is 14.3 Å². The van der Waals surface area contributed by atoms with Crippen LogP contribution in [0.15, 0.2) is 36.4 Å². The number of fused-ring (bicyclic) bond motifs is 7. The van der Waals surface area contributed by atoms with E-state index in [1.54, 1.807) is 7.11 Å². The summed E-state index contributed by atoms with van der Waals surface area (Å²) in [6.07, 6.45) is 7.88. The molecule has 0 radical (unpaired) electrons. The lowest BCUT2D eigenvalue weighted by atomic mass is 9.85. The zero-order valence-electron chi connectivity index (χ0n) is 27.6. The Labute approximate surface area is 274 Å². The van der Waals surface area contributed by atoms with Crippen molar-refractivity contribution in [2.45, 2.75) is 108 Å². The summed E-state index contributed by atoms with van der Waals surface area (Å²) < 4.78 is 23.4. The second kappa shape index (κ2) is 11.8. The molecule has 0 spiro atoms. The largest absolute Gasteiger partial charge is 0.497 e. The number of amides is 2. The van der Waals surface area contributed by atoms with Gasteiger partial charge >= 0.3 is 0 Å². The van der Waals surface area contributed by atoms with Crippen LogP contribution in [0.1, 0.15) is 112 Å². The number of piperidine rings is 1. The molecule has 7 rings (SSSR count). The van der Waals surface area contributed by atoms with Crippen LogP contribution < -0.4 is 9.46 Å². The molecule has 8 nitrogen and oxygen atoms in total. The van der Waals surface area contributed by atoms with Crippen molar-refractivity contribution in [3.8, 4) is 17.0 Å². The van der Waals surface area contributed by atoms with Crippen LogP contribution in [0, 0.1) is 5.41 Å². The topological polar surface area (TPSA) is 101 Å². The Hall–Kier alpha value is -3.17. The van der Waals surface area contributed by atoms with Crippen molar-refractivity contribution in [2.75, 3.05) is 20.2 Å². The molecule has 1 aromatic heterocycles. The molecule has 4 aliphatic rings. The number of hydrogen-bond donors (Lipinski definition) is 2. The molecule has 9 heteroatoms. The molecule has 3 fully saturated rings. The summed E-state index contributed by atoms with van der Waals surface area (Å²) >= 11 is 0. The molecule has 3 heterocycles. The Kier molecular flexibility index (Phi) is 8.07. The third-order valence-corrected chi connectivity index (χ3v) is 12.5. The molecule has 2 aliphatic carbocycles. The van der Waals surface area contributed by atoms with Crippen LogP contribution >= 0.6 is 0 Å². The van der Waals surface area contributed by atoms with Crippen LogP contribution in [0.5, 0.6) is 5.75 Å². The summed E-state index contributed by atoms with van der Waals surface area (Å²) in [7, 11) is 0.311. The molecule has 3 unspecified atom stereocenters. The lowest BCUT2D eigenvalue weighted by Gasteiger charge is -2.38. The molecule has 0 bridgehead atoms. The average Bonchev–Trinajstić information content (AvgIpc) is 3.97. The van der Waals surface area contributed by atoms with E-state index >= 15 is 0 Å². The number of aliphatic hydroxyl groups is 1. The average molecular weight is 646 g/mol. The fourth-order valence-corrected chi connectivity index (χ4v) is 9.21. The fraction of sp³-hybridized carbons (Fsp3) is 0.568. The Morgan fingerprint density at radius 2 is 1.80 bits per heavy atom. The fourth-order valence-electron chi connectivity index (χ4n) is 8.18. The van der Waals surface area contributed by atoms with Crippen molar-refractivity contribution >= 4 is 33.7 Å². The minimum Gasteiger partial charge on any atom is -0.497 e. The normalized spacial score (nSPS) is 23.7. The van der Waals surface area contributed by atoms with Crippen molar-refractivity contribution in [3.63, 3.8) is 0 Å². The molecule has 2 aliphatic heterocycles. The van der Waals surface area contributed by atoms with Crippen LogP contribution in [0.4, 0.5) is 0 Å². The summed E-state index contributed by atoms with van der Waals surface area (Å²) in [5.74, 6) is 1.01. The van der Waals surface area contributed by atoms with Gasteiger partial charge in [0.15, 0.2) is 0 Å². The highest BCUT2D eigenvalue weighted by atomic mass is 32.2. The van der Waals surface area contributed by atoms with E-state index in [9.17, 15) is 18.9 Å². The van der Waals surface area contributed by atoms with Crippen LogP contribution in [0.2, 0.25) is 0 Å². The van der Waals surface area contributed by atoms with E-state index in [0.29, 0.717) is 44.0 Å². The number of methoxy groups -OCH3 is 1. The van der Waals surface area contributed by atoms with E-state index in [1.807, 2.05) is 30.0 Å². The zero-order chi connectivity index (χ0) is 32.4. The Balaban J connectivity index is 1.41. The molecule has 3 aromatic rings. The molecular weight excluding hydrogens is 598 g/mol. The van der Waals surface area contributed by atoms with Gasteiger partial charge in [-0.05, 0) is 99.2 Å². The number of likely N-dealkylation sites (tertiary alicyclic amines) is 1. The lowest BCUT2D eigenvalue weighted by Crippen LogP contribution is -2.48. The zero-order valence-corrected chi connectivity index (χ0v) is 28.4. The maximum absolute atomic E-state index is 14.6. The number of nitrogens with one attached hydrogen (secondary N) is 1. The van der Waals surface area contributed by atoms with Gasteiger partial charge in [0.1, 0.15) is 16.7 Å². The van der Waals surface area contributed by atoms with E-state index in [4.69, 9.17) is 4.74 Å². The Morgan fingerprint density at radius 1 is 1.09 bits per heavy atom. The van der Waals surface area contributed by atoms with Crippen molar-refractivity contribution in [1.82, 2.24) is 14.2 Å². The van der Waals surface area contributed by atoms with Crippen molar-refractivity contribution in [3.05, 3.63) is 53.1 Å². The van der Waals surface area contributed by atoms with E-state index in [-0.39, 0.29) is 23.0 Å². The first-order valence-electron chi connectivity index (χ1n) is 17.2. The smallest absolute Gasteiger partial charge is 0.263 e. The van der Waals surface area contributed by atoms with Gasteiger partial charge in [0.25, 0.3) is 5.91 Å². The van der Waals surface area contributed by atoms with Gasteiger partial charge in [-0.25, -0.2) is 4.21 Å². The van der Waals surface area contributed by atoms with Crippen molar-refractivity contribution in [1.29, 1.82) is 0 Å². The van der Waals surface area contributed by atoms with Gasteiger partial charge < -0.3 is 19.3 Å². The lowest BCUT2D eigenvalue weighted by molar-refractivity contribution is -0.141. The maximum atomic E-state index is 14.6. The number of benzene rings is 2. The predicted octanol–water partition coefficient (Wildman–Crippen LogP) is 6.42. The summed E-state index contributed by atoms with van der Waals surface area (Å²) in [5.41, 5.74) is 4.84. The van der Waals surface area contributed by atoms with E-state index in [0.717, 1.165) is 78.4 Å². The van der Waals surface area contributed by atoms with E-state index in [1.165, 1.54) is 5.56 Å².